The largest absolute Gasteiger partial charge is 0.481 e. The van der Waals surface area contributed by atoms with Gasteiger partial charge in [0.1, 0.15) is 5.69 Å². The van der Waals surface area contributed by atoms with Crippen LogP contribution in [0.25, 0.3) is 0 Å². The number of H-pyrrole nitrogens is 1. The van der Waals surface area contributed by atoms with Gasteiger partial charge in [0.05, 0.1) is 24.8 Å². The highest BCUT2D eigenvalue weighted by molar-refractivity contribution is 6.16. The number of hydrogen-bond donors (Lipinski definition) is 2. The van der Waals surface area contributed by atoms with Crippen LogP contribution in [-0.2, 0) is 9.59 Å². The molecule has 2 heterocycles. The smallest absolute Gasteiger partial charge is 0.309 e. The Balaban J connectivity index is 2.17. The number of carboxylic acid groups (broad SMARTS) is 1. The van der Waals surface area contributed by atoms with Gasteiger partial charge in [0.25, 0.3) is 5.91 Å². The number of nitrogens with zero attached hydrogens (tertiary/aromatic N) is 3. The summed E-state index contributed by atoms with van der Waals surface area (Å²) < 4.78 is 0. The molecule has 7 heteroatoms. The maximum atomic E-state index is 11.4. The lowest BCUT2D eigenvalue weighted by Crippen LogP contribution is -2.18. The minimum absolute atomic E-state index is 0.0531. The number of aliphatic carboxylic acids is 1. The molecule has 0 radical (unpaired) electrons. The van der Waals surface area contributed by atoms with Crippen molar-refractivity contribution in [2.45, 2.75) is 12.8 Å². The van der Waals surface area contributed by atoms with Gasteiger partial charge in [0.15, 0.2) is 0 Å². The Kier molecular flexibility index (Phi) is 2.20. The Morgan fingerprint density at radius 3 is 3.07 bits per heavy atom. The summed E-state index contributed by atoms with van der Waals surface area (Å²) >= 11 is 0. The zero-order valence-electron chi connectivity index (χ0n) is 7.67. The predicted octanol–water partition coefficient (Wildman–Crippen LogP) is -0.0229. The predicted molar refractivity (Wildman–Crippen MR) is 50.4 cm³/mol. The second-order valence-corrected chi connectivity index (χ2v) is 3.08. The molecule has 1 aromatic rings. The SMILES string of the molecule is O=C(O)CC1=NN(c2cn[nH]c2)C(=O)C1. The van der Waals surface area contributed by atoms with E-state index in [0.717, 1.165) is 5.01 Å². The molecule has 1 aliphatic rings. The van der Waals surface area contributed by atoms with E-state index in [0.29, 0.717) is 11.4 Å². The summed E-state index contributed by atoms with van der Waals surface area (Å²) in [6, 6.07) is 0. The van der Waals surface area contributed by atoms with Crippen molar-refractivity contribution in [1.29, 1.82) is 0 Å². The molecule has 0 saturated carbocycles. The Labute approximate surface area is 84.4 Å². The molecule has 2 rings (SSSR count). The number of anilines is 1. The molecule has 7 nitrogen and oxygen atoms in total. The van der Waals surface area contributed by atoms with Crippen molar-refractivity contribution in [1.82, 2.24) is 10.2 Å². The van der Waals surface area contributed by atoms with Gasteiger partial charge in [-0.15, -0.1) is 0 Å². The Hall–Kier alpha value is -2.18. The number of amides is 1. The van der Waals surface area contributed by atoms with Crippen molar-refractivity contribution in [2.75, 3.05) is 5.01 Å². The second-order valence-electron chi connectivity index (χ2n) is 3.08. The maximum Gasteiger partial charge on any atom is 0.309 e. The molecule has 78 valence electrons. The van der Waals surface area contributed by atoms with Gasteiger partial charge < -0.3 is 5.11 Å². The van der Waals surface area contributed by atoms with Gasteiger partial charge in [0, 0.05) is 6.20 Å². The highest BCUT2D eigenvalue weighted by Crippen LogP contribution is 2.19. The van der Waals surface area contributed by atoms with Gasteiger partial charge >= 0.3 is 5.97 Å². The molecule has 1 aliphatic heterocycles. The van der Waals surface area contributed by atoms with E-state index in [9.17, 15) is 9.59 Å². The summed E-state index contributed by atoms with van der Waals surface area (Å²) in [5.41, 5.74) is 0.870. The van der Waals surface area contributed by atoms with Gasteiger partial charge in [-0.05, 0) is 0 Å². The Morgan fingerprint density at radius 1 is 1.67 bits per heavy atom. The summed E-state index contributed by atoms with van der Waals surface area (Å²) in [5.74, 6) is -1.23. The van der Waals surface area contributed by atoms with Crippen LogP contribution in [0.1, 0.15) is 12.8 Å². The van der Waals surface area contributed by atoms with Crippen LogP contribution in [0.5, 0.6) is 0 Å². The maximum absolute atomic E-state index is 11.4. The third-order valence-corrected chi connectivity index (χ3v) is 1.92. The highest BCUT2D eigenvalue weighted by atomic mass is 16.4. The van der Waals surface area contributed by atoms with Crippen molar-refractivity contribution in [2.24, 2.45) is 5.10 Å². The van der Waals surface area contributed by atoms with Crippen LogP contribution in [-0.4, -0.2) is 32.9 Å². The van der Waals surface area contributed by atoms with Gasteiger partial charge in [-0.2, -0.15) is 15.2 Å². The number of carboxylic acids is 1. The standard InChI is InChI=1S/C8H8N4O3/c13-7-1-5(2-8(14)15)11-12(7)6-3-9-10-4-6/h3-4H,1-2H2,(H,9,10)(H,14,15). The second kappa shape index (κ2) is 3.52. The fourth-order valence-electron chi connectivity index (χ4n) is 1.32. The molecular weight excluding hydrogens is 200 g/mol. The molecule has 0 unspecified atom stereocenters. The number of nitrogens with one attached hydrogen (secondary N) is 1. The number of hydrazone groups is 1. The summed E-state index contributed by atoms with van der Waals surface area (Å²) in [5, 5.41) is 19.8. The molecule has 0 atom stereocenters. The quantitative estimate of drug-likeness (QED) is 0.728. The molecule has 0 aromatic carbocycles. The average Bonchev–Trinajstić information content (AvgIpc) is 2.72. The van der Waals surface area contributed by atoms with Crippen molar-refractivity contribution in [3.05, 3.63) is 12.4 Å². The summed E-state index contributed by atoms with van der Waals surface area (Å²) in [6.07, 6.45) is 2.81. The van der Waals surface area contributed by atoms with Crippen molar-refractivity contribution >= 4 is 23.3 Å². The van der Waals surface area contributed by atoms with Gasteiger partial charge in [0.2, 0.25) is 0 Å². The van der Waals surface area contributed by atoms with Crippen LogP contribution in [0.15, 0.2) is 17.5 Å². The van der Waals surface area contributed by atoms with Gasteiger partial charge in [-0.3, -0.25) is 14.7 Å². The third-order valence-electron chi connectivity index (χ3n) is 1.92. The summed E-state index contributed by atoms with van der Waals surface area (Å²) in [7, 11) is 0. The fourth-order valence-corrected chi connectivity index (χ4v) is 1.32. The minimum Gasteiger partial charge on any atom is -0.481 e. The molecule has 0 saturated heterocycles. The first-order valence-corrected chi connectivity index (χ1v) is 4.26. The molecule has 2 N–H and O–H groups in total. The van der Waals surface area contributed by atoms with E-state index >= 15 is 0 Å². The van der Waals surface area contributed by atoms with Crippen molar-refractivity contribution in [3.8, 4) is 0 Å². The van der Waals surface area contributed by atoms with E-state index in [1.165, 1.54) is 12.4 Å². The number of aromatic amines is 1. The minimum atomic E-state index is -0.990. The van der Waals surface area contributed by atoms with Crippen molar-refractivity contribution < 1.29 is 14.7 Å². The topological polar surface area (TPSA) is 98.6 Å². The first kappa shape index (κ1) is 9.38. The Bertz CT molecular complexity index is 423. The lowest BCUT2D eigenvalue weighted by Gasteiger charge is -2.06. The van der Waals surface area contributed by atoms with Crippen molar-refractivity contribution in [3.63, 3.8) is 0 Å². The number of carbonyl (C=O) groups excluding carboxylic acids is 1. The summed E-state index contributed by atoms with van der Waals surface area (Å²) in [6.45, 7) is 0. The van der Waals surface area contributed by atoms with E-state index in [4.69, 9.17) is 5.11 Å². The molecule has 1 aromatic heterocycles. The van der Waals surface area contributed by atoms with Crippen LogP contribution in [0.3, 0.4) is 0 Å². The lowest BCUT2D eigenvalue weighted by atomic mass is 10.2. The number of aromatic nitrogens is 2. The average molecular weight is 208 g/mol. The van der Waals surface area contributed by atoms with Crippen LogP contribution < -0.4 is 5.01 Å². The monoisotopic (exact) mass is 208 g/mol. The number of hydrogen-bond acceptors (Lipinski definition) is 4. The Morgan fingerprint density at radius 2 is 2.47 bits per heavy atom. The van der Waals surface area contributed by atoms with Gasteiger partial charge in [-0.1, -0.05) is 0 Å². The summed E-state index contributed by atoms with van der Waals surface area (Å²) in [4.78, 5) is 21.9. The lowest BCUT2D eigenvalue weighted by molar-refractivity contribution is -0.135. The molecule has 15 heavy (non-hydrogen) atoms. The molecule has 0 bridgehead atoms. The first-order valence-electron chi connectivity index (χ1n) is 4.26. The fraction of sp³-hybridized carbons (Fsp3) is 0.250. The number of carbonyl (C=O) groups is 2. The van der Waals surface area contributed by atoms with E-state index in [1.54, 1.807) is 0 Å². The van der Waals surface area contributed by atoms with Crippen LogP contribution in [0.4, 0.5) is 5.69 Å². The highest BCUT2D eigenvalue weighted by Gasteiger charge is 2.26. The van der Waals surface area contributed by atoms with Crippen LogP contribution in [0.2, 0.25) is 0 Å². The zero-order valence-corrected chi connectivity index (χ0v) is 7.67. The van der Waals surface area contributed by atoms with E-state index in [-0.39, 0.29) is 18.7 Å². The van der Waals surface area contributed by atoms with E-state index in [1.807, 2.05) is 0 Å². The molecule has 0 aliphatic carbocycles. The zero-order chi connectivity index (χ0) is 10.8. The van der Waals surface area contributed by atoms with Crippen LogP contribution in [0, 0.1) is 0 Å². The van der Waals surface area contributed by atoms with E-state index < -0.39 is 5.97 Å². The van der Waals surface area contributed by atoms with E-state index in [2.05, 4.69) is 15.3 Å². The number of rotatable bonds is 3. The molecule has 1 amide bonds. The first-order chi connectivity index (χ1) is 7.16. The molecule has 0 spiro atoms. The van der Waals surface area contributed by atoms with Gasteiger partial charge in [-0.25, -0.2) is 0 Å². The molecule has 0 fully saturated rings. The normalized spacial score (nSPS) is 15.6. The van der Waals surface area contributed by atoms with Crippen LogP contribution >= 0.6 is 0 Å². The molecular formula is C8H8N4O3. The third kappa shape index (κ3) is 1.85.